The molecular formula is C23H18Cl2N2O4S. The van der Waals surface area contributed by atoms with E-state index < -0.39 is 17.1 Å². The van der Waals surface area contributed by atoms with Crippen LogP contribution in [0.4, 0.5) is 11.4 Å². The van der Waals surface area contributed by atoms with Crippen LogP contribution >= 0.6 is 35.0 Å². The zero-order chi connectivity index (χ0) is 23.3. The number of carbonyl (C=O) groups is 3. The van der Waals surface area contributed by atoms with Crippen molar-refractivity contribution in [2.45, 2.75) is 17.1 Å². The molecule has 0 saturated heterocycles. The summed E-state index contributed by atoms with van der Waals surface area (Å²) in [5, 5.41) is 15.1. The highest BCUT2D eigenvalue weighted by Crippen LogP contribution is 2.28. The number of nitrogens with one attached hydrogen (secondary N) is 2. The summed E-state index contributed by atoms with van der Waals surface area (Å²) in [7, 11) is 0. The number of halogens is 2. The monoisotopic (exact) mass is 488 g/mol. The highest BCUT2D eigenvalue weighted by Gasteiger charge is 2.17. The molecule has 0 saturated carbocycles. The molecule has 0 aromatic heterocycles. The summed E-state index contributed by atoms with van der Waals surface area (Å²) >= 11 is 13.2. The number of anilines is 2. The van der Waals surface area contributed by atoms with Gasteiger partial charge in [-0.15, -0.1) is 11.8 Å². The maximum Gasteiger partial charge on any atom is 0.336 e. The number of amides is 2. The van der Waals surface area contributed by atoms with Crippen molar-refractivity contribution in [3.63, 3.8) is 0 Å². The molecule has 3 rings (SSSR count). The first-order chi connectivity index (χ1) is 15.2. The van der Waals surface area contributed by atoms with E-state index in [0.717, 1.165) is 4.90 Å². The van der Waals surface area contributed by atoms with Gasteiger partial charge in [0.25, 0.3) is 5.91 Å². The molecule has 0 aliphatic heterocycles. The Hall–Kier alpha value is -3.00. The quantitative estimate of drug-likeness (QED) is 0.351. The second-order valence-electron chi connectivity index (χ2n) is 6.71. The van der Waals surface area contributed by atoms with Crippen molar-refractivity contribution in [2.75, 3.05) is 10.6 Å². The standard InChI is InChI=1S/C23H18Cl2N2O4S/c1-13(21(28)27-15-8-11-19(24)20(25)12-15)32-16-9-6-14(7-10-16)26-22(29)17-4-2-3-5-18(17)23(30)31/h2-13H,1H3,(H,26,29)(H,27,28)(H,30,31). The molecule has 3 aromatic rings. The molecule has 1 unspecified atom stereocenters. The number of thioether (sulfide) groups is 1. The third-order valence-electron chi connectivity index (χ3n) is 4.38. The predicted octanol–water partition coefficient (Wildman–Crippen LogP) is 6.06. The van der Waals surface area contributed by atoms with Crippen molar-refractivity contribution in [3.05, 3.63) is 87.9 Å². The van der Waals surface area contributed by atoms with E-state index >= 15 is 0 Å². The molecule has 0 fully saturated rings. The number of hydrogen-bond acceptors (Lipinski definition) is 4. The molecule has 0 aliphatic rings. The van der Waals surface area contributed by atoms with Gasteiger partial charge in [-0.05, 0) is 61.5 Å². The maximum absolute atomic E-state index is 12.5. The van der Waals surface area contributed by atoms with Crippen LogP contribution in [0, 0.1) is 0 Å². The Labute approximate surface area is 198 Å². The number of hydrogen-bond donors (Lipinski definition) is 3. The van der Waals surface area contributed by atoms with Crippen molar-refractivity contribution in [2.24, 2.45) is 0 Å². The number of carbonyl (C=O) groups excluding carboxylic acids is 2. The van der Waals surface area contributed by atoms with E-state index in [1.165, 1.54) is 23.9 Å². The van der Waals surface area contributed by atoms with E-state index in [1.807, 2.05) is 0 Å². The molecule has 6 nitrogen and oxygen atoms in total. The van der Waals surface area contributed by atoms with Crippen LogP contribution in [0.3, 0.4) is 0 Å². The number of rotatable bonds is 7. The first-order valence-electron chi connectivity index (χ1n) is 9.41. The first kappa shape index (κ1) is 23.7. The van der Waals surface area contributed by atoms with E-state index in [-0.39, 0.29) is 17.0 Å². The Balaban J connectivity index is 1.60. The summed E-state index contributed by atoms with van der Waals surface area (Å²) in [6.45, 7) is 1.77. The lowest BCUT2D eigenvalue weighted by Crippen LogP contribution is -2.22. The van der Waals surface area contributed by atoms with E-state index in [1.54, 1.807) is 61.5 Å². The molecule has 32 heavy (non-hydrogen) atoms. The zero-order valence-corrected chi connectivity index (χ0v) is 19.1. The molecule has 164 valence electrons. The van der Waals surface area contributed by atoms with Crippen molar-refractivity contribution < 1.29 is 19.5 Å². The van der Waals surface area contributed by atoms with E-state index in [4.69, 9.17) is 23.2 Å². The minimum absolute atomic E-state index is 0.0704. The van der Waals surface area contributed by atoms with Crippen LogP contribution in [0.15, 0.2) is 71.6 Å². The summed E-state index contributed by atoms with van der Waals surface area (Å²) in [4.78, 5) is 37.0. The van der Waals surface area contributed by atoms with E-state index in [2.05, 4.69) is 10.6 Å². The van der Waals surface area contributed by atoms with Crippen molar-refractivity contribution in [1.29, 1.82) is 0 Å². The Morgan fingerprint density at radius 2 is 1.47 bits per heavy atom. The van der Waals surface area contributed by atoms with Gasteiger partial charge in [0.2, 0.25) is 5.91 Å². The molecule has 0 aliphatic carbocycles. The lowest BCUT2D eigenvalue weighted by atomic mass is 10.1. The molecule has 3 N–H and O–H groups in total. The van der Waals surface area contributed by atoms with Gasteiger partial charge < -0.3 is 15.7 Å². The van der Waals surface area contributed by atoms with Gasteiger partial charge in [-0.25, -0.2) is 4.79 Å². The smallest absolute Gasteiger partial charge is 0.336 e. The molecule has 0 radical (unpaired) electrons. The Morgan fingerprint density at radius 1 is 0.844 bits per heavy atom. The third-order valence-corrected chi connectivity index (χ3v) is 6.23. The summed E-state index contributed by atoms with van der Waals surface area (Å²) in [6.07, 6.45) is 0. The average Bonchev–Trinajstić information content (AvgIpc) is 2.77. The van der Waals surface area contributed by atoms with Crippen molar-refractivity contribution >= 4 is 64.1 Å². The fourth-order valence-electron chi connectivity index (χ4n) is 2.76. The normalized spacial score (nSPS) is 11.5. The molecule has 3 aromatic carbocycles. The zero-order valence-electron chi connectivity index (χ0n) is 16.8. The van der Waals surface area contributed by atoms with Gasteiger partial charge in [-0.2, -0.15) is 0 Å². The van der Waals surface area contributed by atoms with E-state index in [9.17, 15) is 19.5 Å². The SMILES string of the molecule is CC(Sc1ccc(NC(=O)c2ccccc2C(=O)O)cc1)C(=O)Nc1ccc(Cl)c(Cl)c1. The minimum atomic E-state index is -1.17. The van der Waals surface area contributed by atoms with Crippen LogP contribution in [0.25, 0.3) is 0 Å². The molecule has 0 heterocycles. The van der Waals surface area contributed by atoms with Crippen LogP contribution < -0.4 is 10.6 Å². The fourth-order valence-corrected chi connectivity index (χ4v) is 3.92. The Morgan fingerprint density at radius 3 is 2.09 bits per heavy atom. The van der Waals surface area contributed by atoms with Gasteiger partial charge >= 0.3 is 5.97 Å². The molecule has 9 heteroatoms. The predicted molar refractivity (Wildman–Crippen MR) is 128 cm³/mol. The summed E-state index contributed by atoms with van der Waals surface area (Å²) in [5.41, 5.74) is 1.06. The summed E-state index contributed by atoms with van der Waals surface area (Å²) < 4.78 is 0. The summed E-state index contributed by atoms with van der Waals surface area (Å²) in [5.74, 6) is -1.88. The lowest BCUT2D eigenvalue weighted by molar-refractivity contribution is -0.115. The fraction of sp³-hybridized carbons (Fsp3) is 0.0870. The minimum Gasteiger partial charge on any atom is -0.478 e. The van der Waals surface area contributed by atoms with E-state index in [0.29, 0.717) is 21.4 Å². The average molecular weight is 489 g/mol. The van der Waals surface area contributed by atoms with Crippen LogP contribution in [-0.2, 0) is 4.79 Å². The van der Waals surface area contributed by atoms with Gasteiger partial charge in [-0.3, -0.25) is 9.59 Å². The maximum atomic E-state index is 12.5. The highest BCUT2D eigenvalue weighted by atomic mass is 35.5. The molecule has 0 bridgehead atoms. The number of benzene rings is 3. The van der Waals surface area contributed by atoms with Crippen LogP contribution in [0.5, 0.6) is 0 Å². The molecule has 0 spiro atoms. The second kappa shape index (κ2) is 10.5. The van der Waals surface area contributed by atoms with Crippen molar-refractivity contribution in [3.8, 4) is 0 Å². The number of carboxylic acid groups (broad SMARTS) is 1. The van der Waals surface area contributed by atoms with Gasteiger partial charge in [0.05, 0.1) is 26.4 Å². The highest BCUT2D eigenvalue weighted by molar-refractivity contribution is 8.00. The van der Waals surface area contributed by atoms with Crippen LogP contribution in [-0.4, -0.2) is 28.1 Å². The molecule has 1 atom stereocenters. The topological polar surface area (TPSA) is 95.5 Å². The largest absolute Gasteiger partial charge is 0.478 e. The van der Waals surface area contributed by atoms with Gasteiger partial charge in [0, 0.05) is 16.3 Å². The third kappa shape index (κ3) is 6.03. The Bertz CT molecular complexity index is 1170. The van der Waals surface area contributed by atoms with Gasteiger partial charge in [0.1, 0.15) is 0 Å². The second-order valence-corrected chi connectivity index (χ2v) is 8.94. The van der Waals surface area contributed by atoms with Crippen molar-refractivity contribution in [1.82, 2.24) is 0 Å². The van der Waals surface area contributed by atoms with Crippen LogP contribution in [0.2, 0.25) is 10.0 Å². The van der Waals surface area contributed by atoms with Gasteiger partial charge in [0.15, 0.2) is 0 Å². The number of aromatic carboxylic acids is 1. The first-order valence-corrected chi connectivity index (χ1v) is 11.0. The Kier molecular flexibility index (Phi) is 7.80. The lowest BCUT2D eigenvalue weighted by Gasteiger charge is -2.13. The van der Waals surface area contributed by atoms with Gasteiger partial charge in [-0.1, -0.05) is 35.3 Å². The summed E-state index contributed by atoms with van der Waals surface area (Å²) in [6, 6.07) is 17.8. The van der Waals surface area contributed by atoms with Crippen LogP contribution in [0.1, 0.15) is 27.6 Å². The molecular weight excluding hydrogens is 471 g/mol. The number of carboxylic acids is 1. The molecule has 2 amide bonds.